The summed E-state index contributed by atoms with van der Waals surface area (Å²) in [5.41, 5.74) is 0. The van der Waals surface area contributed by atoms with Gasteiger partial charge in [0.05, 0.1) is 19.0 Å². The van der Waals surface area contributed by atoms with Gasteiger partial charge in [-0.1, -0.05) is 0 Å². The number of carbonyl (C=O) groups is 1. The van der Waals surface area contributed by atoms with Crippen LogP contribution in [0.5, 0.6) is 0 Å². The number of aliphatic imine (C=N–C) groups is 1. The number of hydrogen-bond acceptors (Lipinski definition) is 5. The lowest BCUT2D eigenvalue weighted by Crippen LogP contribution is -2.56. The predicted molar refractivity (Wildman–Crippen MR) is 117 cm³/mol. The first-order chi connectivity index (χ1) is 13.2. The lowest BCUT2D eigenvalue weighted by molar-refractivity contribution is -0.0455. The Bertz CT molecular complexity index is 661. The molecular weight excluding hydrogens is 473 g/mol. The Morgan fingerprint density at radius 2 is 2.04 bits per heavy atom. The van der Waals surface area contributed by atoms with Crippen LogP contribution in [-0.2, 0) is 4.74 Å². The number of rotatable bonds is 3. The third-order valence-corrected chi connectivity index (χ3v) is 5.76. The molecule has 0 spiro atoms. The Hall–Kier alpha value is -1.33. The van der Waals surface area contributed by atoms with Crippen molar-refractivity contribution in [1.29, 1.82) is 0 Å². The molecule has 0 bridgehead atoms. The van der Waals surface area contributed by atoms with E-state index in [2.05, 4.69) is 20.1 Å². The van der Waals surface area contributed by atoms with Crippen molar-refractivity contribution in [3.8, 4) is 0 Å². The first-order valence-corrected chi connectivity index (χ1v) is 9.88. The summed E-state index contributed by atoms with van der Waals surface area (Å²) in [7, 11) is 1.81. The Labute approximate surface area is 183 Å². The zero-order chi connectivity index (χ0) is 18.6. The van der Waals surface area contributed by atoms with Crippen molar-refractivity contribution < 1.29 is 13.9 Å². The zero-order valence-electron chi connectivity index (χ0n) is 16.4. The van der Waals surface area contributed by atoms with Crippen LogP contribution in [-0.4, -0.2) is 98.2 Å². The predicted octanol–water partition coefficient (Wildman–Crippen LogP) is 1.09. The lowest BCUT2D eigenvalue weighted by Gasteiger charge is -2.38. The van der Waals surface area contributed by atoms with Gasteiger partial charge in [-0.05, 0) is 31.5 Å². The molecule has 0 saturated carbocycles. The number of piperazine rings is 1. The second-order valence-corrected chi connectivity index (χ2v) is 7.43. The average Bonchev–Trinajstić information content (AvgIpc) is 3.40. The van der Waals surface area contributed by atoms with Gasteiger partial charge in [0.25, 0.3) is 5.91 Å². The van der Waals surface area contributed by atoms with E-state index in [9.17, 15) is 4.79 Å². The van der Waals surface area contributed by atoms with E-state index in [1.165, 1.54) is 25.6 Å². The smallest absolute Gasteiger partial charge is 0.289 e. The maximum Gasteiger partial charge on any atom is 0.289 e. The fourth-order valence-corrected chi connectivity index (χ4v) is 4.22. The van der Waals surface area contributed by atoms with Crippen molar-refractivity contribution in [1.82, 2.24) is 20.0 Å². The molecule has 28 heavy (non-hydrogen) atoms. The fourth-order valence-electron chi connectivity index (χ4n) is 4.22. The molecule has 4 heterocycles. The minimum absolute atomic E-state index is 0. The number of nitrogens with zero attached hydrogens (tertiary/aromatic N) is 4. The van der Waals surface area contributed by atoms with E-state index in [4.69, 9.17) is 9.15 Å². The minimum Gasteiger partial charge on any atom is -0.459 e. The number of carbonyl (C=O) groups excluding carboxylic acids is 1. The zero-order valence-corrected chi connectivity index (χ0v) is 18.7. The normalized spacial score (nSPS) is 26.0. The third kappa shape index (κ3) is 4.80. The average molecular weight is 503 g/mol. The van der Waals surface area contributed by atoms with Crippen LogP contribution >= 0.6 is 24.0 Å². The Kier molecular flexibility index (Phi) is 7.58. The topological polar surface area (TPSA) is 73.6 Å². The van der Waals surface area contributed by atoms with Crippen LogP contribution < -0.4 is 5.32 Å². The highest BCUT2D eigenvalue weighted by atomic mass is 127. The van der Waals surface area contributed by atoms with Gasteiger partial charge in [-0.3, -0.25) is 14.7 Å². The maximum atomic E-state index is 12.4. The summed E-state index contributed by atoms with van der Waals surface area (Å²) in [5, 5.41) is 3.46. The number of nitrogens with one attached hydrogen (secondary N) is 1. The molecule has 1 amide bonds. The number of halogens is 1. The van der Waals surface area contributed by atoms with E-state index in [1.807, 2.05) is 4.90 Å². The molecule has 9 heteroatoms. The third-order valence-electron chi connectivity index (χ3n) is 5.76. The molecule has 8 nitrogen and oxygen atoms in total. The Morgan fingerprint density at radius 1 is 1.25 bits per heavy atom. The van der Waals surface area contributed by atoms with Gasteiger partial charge < -0.3 is 24.3 Å². The van der Waals surface area contributed by atoms with Gasteiger partial charge in [-0.25, -0.2) is 0 Å². The molecule has 1 N–H and O–H groups in total. The summed E-state index contributed by atoms with van der Waals surface area (Å²) in [5.74, 6) is 1.24. The van der Waals surface area contributed by atoms with Gasteiger partial charge in [-0.2, -0.15) is 0 Å². The van der Waals surface area contributed by atoms with E-state index in [-0.39, 0.29) is 36.0 Å². The molecule has 4 rings (SSSR count). The standard InChI is InChI=1S/C19H29N5O3.HI/c1-20-19(21-12-16-13-24-6-2-4-15(24)14-27-16)23-9-7-22(8-10-23)18(25)17-5-3-11-26-17;/h3,5,11,15-16H,2,4,6-10,12-14H2,1H3,(H,20,21);1H. The van der Waals surface area contributed by atoms with E-state index < -0.39 is 0 Å². The van der Waals surface area contributed by atoms with Gasteiger partial charge in [0, 0.05) is 52.4 Å². The van der Waals surface area contributed by atoms with Crippen molar-refractivity contribution in [3.05, 3.63) is 24.2 Å². The molecule has 1 aromatic heterocycles. The number of guanidine groups is 1. The van der Waals surface area contributed by atoms with Crippen molar-refractivity contribution >= 4 is 35.8 Å². The SMILES string of the molecule is CN=C(NCC1CN2CCCC2CO1)N1CCN(C(=O)c2ccco2)CC1.I. The first kappa shape index (κ1) is 21.4. The van der Waals surface area contributed by atoms with Crippen molar-refractivity contribution in [3.63, 3.8) is 0 Å². The summed E-state index contributed by atoms with van der Waals surface area (Å²) in [6.07, 6.45) is 4.30. The van der Waals surface area contributed by atoms with Crippen molar-refractivity contribution in [2.75, 3.05) is 59.5 Å². The highest BCUT2D eigenvalue weighted by Gasteiger charge is 2.32. The summed E-state index contributed by atoms with van der Waals surface area (Å²) in [6, 6.07) is 4.08. The molecule has 2 atom stereocenters. The maximum absolute atomic E-state index is 12.4. The highest BCUT2D eigenvalue weighted by molar-refractivity contribution is 14.0. The number of hydrogen-bond donors (Lipinski definition) is 1. The molecule has 156 valence electrons. The molecule has 2 unspecified atom stereocenters. The molecule has 1 aromatic rings. The number of fused-ring (bicyclic) bond motifs is 1. The summed E-state index contributed by atoms with van der Waals surface area (Å²) in [4.78, 5) is 23.4. The monoisotopic (exact) mass is 503 g/mol. The molecule has 0 aromatic carbocycles. The second-order valence-electron chi connectivity index (χ2n) is 7.43. The molecule has 3 aliphatic heterocycles. The van der Waals surface area contributed by atoms with E-state index in [1.54, 1.807) is 19.2 Å². The number of morpholine rings is 1. The van der Waals surface area contributed by atoms with Crippen molar-refractivity contribution in [2.24, 2.45) is 4.99 Å². The first-order valence-electron chi connectivity index (χ1n) is 9.88. The molecule has 3 fully saturated rings. The lowest BCUT2D eigenvalue weighted by atomic mass is 10.2. The van der Waals surface area contributed by atoms with Gasteiger partial charge in [0.15, 0.2) is 11.7 Å². The molecule has 3 aliphatic rings. The Balaban J connectivity index is 0.00000225. The Morgan fingerprint density at radius 3 is 2.75 bits per heavy atom. The molecule has 0 radical (unpaired) electrons. The number of ether oxygens (including phenoxy) is 1. The van der Waals surface area contributed by atoms with Crippen molar-refractivity contribution in [2.45, 2.75) is 25.0 Å². The van der Waals surface area contributed by atoms with Crippen LogP contribution in [0.2, 0.25) is 0 Å². The second kappa shape index (κ2) is 9.93. The van der Waals surface area contributed by atoms with Crippen LogP contribution in [0.1, 0.15) is 23.4 Å². The summed E-state index contributed by atoms with van der Waals surface area (Å²) >= 11 is 0. The van der Waals surface area contributed by atoms with Crippen LogP contribution in [0.4, 0.5) is 0 Å². The van der Waals surface area contributed by atoms with Crippen LogP contribution in [0.25, 0.3) is 0 Å². The number of amides is 1. The van der Waals surface area contributed by atoms with E-state index >= 15 is 0 Å². The van der Waals surface area contributed by atoms with Crippen LogP contribution in [0, 0.1) is 0 Å². The van der Waals surface area contributed by atoms with Crippen LogP contribution in [0.15, 0.2) is 27.8 Å². The largest absolute Gasteiger partial charge is 0.459 e. The molecule has 3 saturated heterocycles. The fraction of sp³-hybridized carbons (Fsp3) is 0.684. The number of furan rings is 1. The van der Waals surface area contributed by atoms with E-state index in [0.717, 1.165) is 38.7 Å². The molecule has 0 aliphatic carbocycles. The van der Waals surface area contributed by atoms with Crippen LogP contribution in [0.3, 0.4) is 0 Å². The highest BCUT2D eigenvalue weighted by Crippen LogP contribution is 2.22. The van der Waals surface area contributed by atoms with Gasteiger partial charge in [0.1, 0.15) is 0 Å². The van der Waals surface area contributed by atoms with Gasteiger partial charge >= 0.3 is 0 Å². The van der Waals surface area contributed by atoms with E-state index in [0.29, 0.717) is 24.9 Å². The quantitative estimate of drug-likeness (QED) is 0.379. The van der Waals surface area contributed by atoms with Gasteiger partial charge in [0.2, 0.25) is 0 Å². The molecular formula is C19H30IN5O3. The minimum atomic E-state index is -0.0432. The summed E-state index contributed by atoms with van der Waals surface area (Å²) in [6.45, 7) is 6.65. The van der Waals surface area contributed by atoms with Gasteiger partial charge in [-0.15, -0.1) is 24.0 Å². The summed E-state index contributed by atoms with van der Waals surface area (Å²) < 4.78 is 11.2.